The Bertz CT molecular complexity index is 817. The smallest absolute Gasteiger partial charge is 0.341 e. The van der Waals surface area contributed by atoms with Crippen LogP contribution in [0.5, 0.6) is 0 Å². The highest BCUT2D eigenvalue weighted by Crippen LogP contribution is 2.26. The Balaban J connectivity index is 2.01. The zero-order valence-corrected chi connectivity index (χ0v) is 16.8. The van der Waals surface area contributed by atoms with Gasteiger partial charge < -0.3 is 10.1 Å². The molecule has 0 unspecified atom stereocenters. The van der Waals surface area contributed by atoms with Crippen LogP contribution in [0.4, 0.5) is 0 Å². The Hall–Kier alpha value is -1.76. The Kier molecular flexibility index (Phi) is 7.32. The molecule has 0 aliphatic carbocycles. The number of carbonyl (C=O) groups excluding carboxylic acids is 2. The number of hydrogen-bond acceptors (Lipinski definition) is 5. The summed E-state index contributed by atoms with van der Waals surface area (Å²) in [6, 6.07) is 7.94. The van der Waals surface area contributed by atoms with Gasteiger partial charge in [-0.2, -0.15) is 0 Å². The lowest BCUT2D eigenvalue weighted by atomic mass is 10.1. The summed E-state index contributed by atoms with van der Waals surface area (Å²) in [6.07, 6.45) is 2.44. The van der Waals surface area contributed by atoms with Crippen molar-refractivity contribution < 1.29 is 14.3 Å². The van der Waals surface area contributed by atoms with E-state index in [1.165, 1.54) is 18.7 Å². The average molecular weight is 413 g/mol. The third-order valence-electron chi connectivity index (χ3n) is 3.63. The topological polar surface area (TPSA) is 68.3 Å². The van der Waals surface area contributed by atoms with Crippen molar-refractivity contribution in [2.45, 2.75) is 31.0 Å². The Labute approximate surface area is 166 Å². The van der Waals surface area contributed by atoms with Crippen molar-refractivity contribution in [2.24, 2.45) is 0 Å². The fraction of sp³-hybridized carbons (Fsp3) is 0.278. The first-order valence-corrected chi connectivity index (χ1v) is 9.76. The minimum absolute atomic E-state index is 0.327. The molecule has 0 spiro atoms. The van der Waals surface area contributed by atoms with Gasteiger partial charge in [0.15, 0.2) is 6.10 Å². The normalized spacial score (nSPS) is 13.0. The summed E-state index contributed by atoms with van der Waals surface area (Å²) in [5, 5.41) is 4.29. The zero-order chi connectivity index (χ0) is 19.3. The van der Waals surface area contributed by atoms with Gasteiger partial charge in [-0.3, -0.25) is 4.79 Å². The number of nitrogens with zero attached hydrogens (tertiary/aromatic N) is 1. The van der Waals surface area contributed by atoms with E-state index in [0.29, 0.717) is 20.6 Å². The molecule has 0 aliphatic heterocycles. The second-order valence-electron chi connectivity index (χ2n) is 5.50. The minimum Gasteiger partial charge on any atom is -0.449 e. The fourth-order valence-electron chi connectivity index (χ4n) is 2.25. The predicted molar refractivity (Wildman–Crippen MR) is 104 cm³/mol. The Morgan fingerprint density at radius 3 is 2.62 bits per heavy atom. The SMILES string of the molecule is CSc1ncccc1C(=O)O[C@@H](C)C(=O)N[C@@H](C)c1ccc(Cl)cc1Cl. The van der Waals surface area contributed by atoms with Crippen molar-refractivity contribution in [1.29, 1.82) is 0 Å². The number of nitrogens with one attached hydrogen (secondary N) is 1. The molecule has 1 amide bonds. The summed E-state index contributed by atoms with van der Waals surface area (Å²) < 4.78 is 5.27. The van der Waals surface area contributed by atoms with E-state index in [1.807, 2.05) is 6.26 Å². The van der Waals surface area contributed by atoms with E-state index in [-0.39, 0.29) is 6.04 Å². The summed E-state index contributed by atoms with van der Waals surface area (Å²) in [5.41, 5.74) is 1.05. The number of hydrogen-bond donors (Lipinski definition) is 1. The standard InChI is InChI=1S/C18H18Cl2N2O3S/c1-10(13-7-6-12(19)9-15(13)20)22-16(23)11(2)25-18(24)14-5-4-8-21-17(14)26-3/h4-11H,1-3H3,(H,22,23)/t10-,11-/m0/s1. The molecule has 8 heteroatoms. The number of amides is 1. The summed E-state index contributed by atoms with van der Waals surface area (Å²) in [7, 11) is 0. The number of ether oxygens (including phenoxy) is 1. The molecule has 138 valence electrons. The second-order valence-corrected chi connectivity index (χ2v) is 7.14. The minimum atomic E-state index is -0.967. The molecular weight excluding hydrogens is 395 g/mol. The first kappa shape index (κ1) is 20.6. The Morgan fingerprint density at radius 1 is 1.23 bits per heavy atom. The summed E-state index contributed by atoms with van der Waals surface area (Å²) in [6.45, 7) is 3.30. The van der Waals surface area contributed by atoms with Crippen LogP contribution in [0.25, 0.3) is 0 Å². The van der Waals surface area contributed by atoms with Crippen molar-refractivity contribution in [3.8, 4) is 0 Å². The van der Waals surface area contributed by atoms with Gasteiger partial charge in [-0.25, -0.2) is 9.78 Å². The number of aromatic nitrogens is 1. The van der Waals surface area contributed by atoms with Crippen molar-refractivity contribution >= 4 is 46.8 Å². The molecule has 2 atom stereocenters. The van der Waals surface area contributed by atoms with Crippen LogP contribution in [-0.4, -0.2) is 29.2 Å². The molecule has 2 aromatic rings. The molecule has 0 fully saturated rings. The first-order valence-electron chi connectivity index (χ1n) is 7.78. The highest BCUT2D eigenvalue weighted by atomic mass is 35.5. The maximum atomic E-state index is 12.3. The Morgan fingerprint density at radius 2 is 1.96 bits per heavy atom. The number of esters is 1. The van der Waals surface area contributed by atoms with E-state index in [0.717, 1.165) is 5.56 Å². The lowest BCUT2D eigenvalue weighted by Crippen LogP contribution is -2.37. The average Bonchev–Trinajstić information content (AvgIpc) is 2.61. The highest BCUT2D eigenvalue weighted by molar-refractivity contribution is 7.98. The number of rotatable bonds is 6. The maximum Gasteiger partial charge on any atom is 0.341 e. The molecule has 0 radical (unpaired) electrons. The van der Waals surface area contributed by atoms with Gasteiger partial charge in [-0.05, 0) is 49.9 Å². The molecule has 0 saturated carbocycles. The third kappa shape index (κ3) is 5.13. The lowest BCUT2D eigenvalue weighted by Gasteiger charge is -2.19. The van der Waals surface area contributed by atoms with Crippen LogP contribution in [0.1, 0.15) is 35.8 Å². The van der Waals surface area contributed by atoms with Gasteiger partial charge in [0, 0.05) is 16.2 Å². The molecule has 0 saturated heterocycles. The van der Waals surface area contributed by atoms with Crippen molar-refractivity contribution in [3.63, 3.8) is 0 Å². The maximum absolute atomic E-state index is 12.3. The van der Waals surface area contributed by atoms with Gasteiger partial charge in [0.05, 0.1) is 11.6 Å². The molecule has 1 N–H and O–H groups in total. The zero-order valence-electron chi connectivity index (χ0n) is 14.5. The molecule has 0 aliphatic rings. The van der Waals surface area contributed by atoms with E-state index in [9.17, 15) is 9.59 Å². The van der Waals surface area contributed by atoms with E-state index < -0.39 is 18.0 Å². The lowest BCUT2D eigenvalue weighted by molar-refractivity contribution is -0.129. The highest BCUT2D eigenvalue weighted by Gasteiger charge is 2.23. The van der Waals surface area contributed by atoms with Gasteiger partial charge in [0.2, 0.25) is 0 Å². The molecule has 2 rings (SSSR count). The third-order valence-corrected chi connectivity index (χ3v) is 4.90. The largest absolute Gasteiger partial charge is 0.449 e. The number of halogens is 2. The van der Waals surface area contributed by atoms with Gasteiger partial charge in [-0.15, -0.1) is 11.8 Å². The molecule has 1 aromatic carbocycles. The van der Waals surface area contributed by atoms with Gasteiger partial charge in [0.25, 0.3) is 5.91 Å². The molecular formula is C18H18Cl2N2O3S. The monoisotopic (exact) mass is 412 g/mol. The molecule has 5 nitrogen and oxygen atoms in total. The number of carbonyl (C=O) groups is 2. The van der Waals surface area contributed by atoms with E-state index in [4.69, 9.17) is 27.9 Å². The molecule has 1 aromatic heterocycles. The van der Waals surface area contributed by atoms with Crippen LogP contribution in [0.15, 0.2) is 41.6 Å². The van der Waals surface area contributed by atoms with Crippen LogP contribution in [-0.2, 0) is 9.53 Å². The van der Waals surface area contributed by atoms with Gasteiger partial charge in [-0.1, -0.05) is 29.3 Å². The second kappa shape index (κ2) is 9.26. The summed E-state index contributed by atoms with van der Waals surface area (Å²) in [4.78, 5) is 28.8. The van der Waals surface area contributed by atoms with Crippen LogP contribution >= 0.6 is 35.0 Å². The summed E-state index contributed by atoms with van der Waals surface area (Å²) >= 11 is 13.4. The van der Waals surface area contributed by atoms with E-state index in [2.05, 4.69) is 10.3 Å². The van der Waals surface area contributed by atoms with Crippen LogP contribution in [0.2, 0.25) is 10.0 Å². The predicted octanol–water partition coefficient (Wildman–Crippen LogP) is 4.53. The van der Waals surface area contributed by atoms with Crippen molar-refractivity contribution in [1.82, 2.24) is 10.3 Å². The van der Waals surface area contributed by atoms with Gasteiger partial charge >= 0.3 is 5.97 Å². The van der Waals surface area contributed by atoms with E-state index >= 15 is 0 Å². The number of pyridine rings is 1. The van der Waals surface area contributed by atoms with Gasteiger partial charge in [0.1, 0.15) is 5.03 Å². The van der Waals surface area contributed by atoms with Crippen molar-refractivity contribution in [3.05, 3.63) is 57.7 Å². The number of thioether (sulfide) groups is 1. The molecule has 0 bridgehead atoms. The fourth-order valence-corrected chi connectivity index (χ4v) is 3.36. The van der Waals surface area contributed by atoms with Crippen LogP contribution in [0, 0.1) is 0 Å². The molecule has 26 heavy (non-hydrogen) atoms. The van der Waals surface area contributed by atoms with Crippen LogP contribution < -0.4 is 5.32 Å². The quantitative estimate of drug-likeness (QED) is 0.557. The summed E-state index contributed by atoms with van der Waals surface area (Å²) in [5.74, 6) is -1.02. The first-order chi connectivity index (χ1) is 12.3. The van der Waals surface area contributed by atoms with E-state index in [1.54, 1.807) is 43.5 Å². The van der Waals surface area contributed by atoms with Crippen LogP contribution in [0.3, 0.4) is 0 Å². The molecule has 1 heterocycles. The van der Waals surface area contributed by atoms with Crippen molar-refractivity contribution in [2.75, 3.05) is 6.26 Å². The number of benzene rings is 1.